The molecule has 110 valence electrons. The summed E-state index contributed by atoms with van der Waals surface area (Å²) >= 11 is 5.31. The van der Waals surface area contributed by atoms with Crippen LogP contribution in [0.5, 0.6) is 5.75 Å². The third-order valence-electron chi connectivity index (χ3n) is 3.53. The second kappa shape index (κ2) is 8.07. The number of hydrogen-bond donors (Lipinski definition) is 2. The van der Waals surface area contributed by atoms with Crippen molar-refractivity contribution in [2.75, 3.05) is 32.2 Å². The lowest BCUT2D eigenvalue weighted by molar-refractivity contribution is 0.0643. The lowest BCUT2D eigenvalue weighted by Crippen LogP contribution is -2.31. The summed E-state index contributed by atoms with van der Waals surface area (Å²) in [4.78, 5) is 0. The minimum atomic E-state index is 0.640. The van der Waals surface area contributed by atoms with Crippen LogP contribution in [0.25, 0.3) is 0 Å². The van der Waals surface area contributed by atoms with Crippen LogP contribution in [-0.4, -0.2) is 32.0 Å². The molecule has 1 fully saturated rings. The molecule has 4 nitrogen and oxygen atoms in total. The molecule has 0 saturated carbocycles. The Balaban J connectivity index is 1.72. The number of benzene rings is 1. The molecule has 2 rings (SSSR count). The van der Waals surface area contributed by atoms with Crippen LogP contribution in [-0.2, 0) is 4.74 Å². The summed E-state index contributed by atoms with van der Waals surface area (Å²) in [6, 6.07) is 7.75. The summed E-state index contributed by atoms with van der Waals surface area (Å²) in [6.45, 7) is 2.69. The summed E-state index contributed by atoms with van der Waals surface area (Å²) in [7, 11) is 1.65. The molecule has 0 unspecified atom stereocenters. The first-order valence-corrected chi connectivity index (χ1v) is 7.46. The van der Waals surface area contributed by atoms with E-state index < -0.39 is 0 Å². The minimum Gasteiger partial charge on any atom is -0.495 e. The maximum Gasteiger partial charge on any atom is 0.170 e. The lowest BCUT2D eigenvalue weighted by atomic mass is 9.97. The molecule has 1 aromatic rings. The summed E-state index contributed by atoms with van der Waals surface area (Å²) in [5.41, 5.74) is 0.888. The first-order chi connectivity index (χ1) is 9.79. The quantitative estimate of drug-likeness (QED) is 0.818. The molecule has 0 atom stereocenters. The van der Waals surface area contributed by atoms with E-state index in [0.717, 1.165) is 56.4 Å². The minimum absolute atomic E-state index is 0.640. The van der Waals surface area contributed by atoms with Crippen molar-refractivity contribution in [1.29, 1.82) is 0 Å². The lowest BCUT2D eigenvalue weighted by Gasteiger charge is -2.22. The number of thiocarbonyl (C=S) groups is 1. The second-order valence-electron chi connectivity index (χ2n) is 4.93. The van der Waals surface area contributed by atoms with Crippen LogP contribution in [0.1, 0.15) is 19.3 Å². The SMILES string of the molecule is COc1ccccc1NC(=S)NCCC1CCOCC1. The molecular formula is C15H22N2O2S. The van der Waals surface area contributed by atoms with Gasteiger partial charge in [0.2, 0.25) is 0 Å². The third-order valence-corrected chi connectivity index (χ3v) is 3.78. The summed E-state index contributed by atoms with van der Waals surface area (Å²) in [6.07, 6.45) is 3.46. The molecule has 1 saturated heterocycles. The highest BCUT2D eigenvalue weighted by Crippen LogP contribution is 2.22. The van der Waals surface area contributed by atoms with Crippen LogP contribution in [0, 0.1) is 5.92 Å². The van der Waals surface area contributed by atoms with Gasteiger partial charge in [0, 0.05) is 19.8 Å². The predicted octanol–water partition coefficient (Wildman–Crippen LogP) is 2.80. The van der Waals surface area contributed by atoms with E-state index >= 15 is 0 Å². The fourth-order valence-corrected chi connectivity index (χ4v) is 2.55. The molecule has 1 aromatic carbocycles. The van der Waals surface area contributed by atoms with E-state index in [-0.39, 0.29) is 0 Å². The van der Waals surface area contributed by atoms with E-state index in [1.165, 1.54) is 0 Å². The van der Waals surface area contributed by atoms with E-state index in [0.29, 0.717) is 5.11 Å². The van der Waals surface area contributed by atoms with Crippen molar-refractivity contribution in [3.8, 4) is 5.75 Å². The van der Waals surface area contributed by atoms with Gasteiger partial charge in [-0.2, -0.15) is 0 Å². The van der Waals surface area contributed by atoms with Crippen LogP contribution < -0.4 is 15.4 Å². The molecule has 0 amide bonds. The van der Waals surface area contributed by atoms with Crippen molar-refractivity contribution in [3.63, 3.8) is 0 Å². The van der Waals surface area contributed by atoms with Crippen molar-refractivity contribution >= 4 is 23.0 Å². The predicted molar refractivity (Wildman–Crippen MR) is 85.4 cm³/mol. The van der Waals surface area contributed by atoms with Gasteiger partial charge >= 0.3 is 0 Å². The maximum absolute atomic E-state index is 5.36. The molecular weight excluding hydrogens is 272 g/mol. The summed E-state index contributed by atoms with van der Waals surface area (Å²) in [5.74, 6) is 1.55. The zero-order valence-electron chi connectivity index (χ0n) is 11.9. The Hall–Kier alpha value is -1.33. The van der Waals surface area contributed by atoms with Gasteiger partial charge in [0.1, 0.15) is 5.75 Å². The van der Waals surface area contributed by atoms with Crippen LogP contribution >= 0.6 is 12.2 Å². The van der Waals surface area contributed by atoms with E-state index in [2.05, 4.69) is 10.6 Å². The number of anilines is 1. The number of hydrogen-bond acceptors (Lipinski definition) is 3. The van der Waals surface area contributed by atoms with Crippen molar-refractivity contribution in [1.82, 2.24) is 5.32 Å². The first-order valence-electron chi connectivity index (χ1n) is 7.05. The molecule has 0 aliphatic carbocycles. The molecule has 1 aliphatic heterocycles. The smallest absolute Gasteiger partial charge is 0.170 e. The average molecular weight is 294 g/mol. The van der Waals surface area contributed by atoms with Gasteiger partial charge in [0.25, 0.3) is 0 Å². The summed E-state index contributed by atoms with van der Waals surface area (Å²) < 4.78 is 10.6. The van der Waals surface area contributed by atoms with Gasteiger partial charge < -0.3 is 20.1 Å². The van der Waals surface area contributed by atoms with Crippen LogP contribution in [0.3, 0.4) is 0 Å². The molecule has 1 aliphatic rings. The van der Waals surface area contributed by atoms with Gasteiger partial charge in [-0.25, -0.2) is 0 Å². The number of rotatable bonds is 5. The van der Waals surface area contributed by atoms with Crippen molar-refractivity contribution in [2.24, 2.45) is 5.92 Å². The number of nitrogens with one attached hydrogen (secondary N) is 2. The second-order valence-corrected chi connectivity index (χ2v) is 5.33. The monoisotopic (exact) mass is 294 g/mol. The van der Waals surface area contributed by atoms with Gasteiger partial charge in [-0.3, -0.25) is 0 Å². The highest BCUT2D eigenvalue weighted by atomic mass is 32.1. The van der Waals surface area contributed by atoms with Gasteiger partial charge in [-0.05, 0) is 49.5 Å². The molecule has 1 heterocycles. The summed E-state index contributed by atoms with van der Waals surface area (Å²) in [5, 5.41) is 7.06. The normalized spacial score (nSPS) is 15.7. The third kappa shape index (κ3) is 4.65. The molecule has 0 bridgehead atoms. The Morgan fingerprint density at radius 1 is 1.35 bits per heavy atom. The molecule has 20 heavy (non-hydrogen) atoms. The van der Waals surface area contributed by atoms with Crippen LogP contribution in [0.4, 0.5) is 5.69 Å². The molecule has 2 N–H and O–H groups in total. The average Bonchev–Trinajstić information content (AvgIpc) is 2.49. The highest BCUT2D eigenvalue weighted by Gasteiger charge is 2.13. The van der Waals surface area contributed by atoms with Gasteiger partial charge in [-0.1, -0.05) is 12.1 Å². The molecule has 0 radical (unpaired) electrons. The fourth-order valence-electron chi connectivity index (χ4n) is 2.34. The maximum atomic E-state index is 5.36. The Morgan fingerprint density at radius 2 is 2.10 bits per heavy atom. The molecule has 0 spiro atoms. The standard InChI is InChI=1S/C15H22N2O2S/c1-18-14-5-3-2-4-13(14)17-15(20)16-9-6-12-7-10-19-11-8-12/h2-5,12H,6-11H2,1H3,(H2,16,17,20). The van der Waals surface area contributed by atoms with Crippen molar-refractivity contribution in [3.05, 3.63) is 24.3 Å². The number of ether oxygens (including phenoxy) is 2. The Labute approximate surface area is 125 Å². The van der Waals surface area contributed by atoms with Gasteiger partial charge in [0.15, 0.2) is 5.11 Å². The Kier molecular flexibility index (Phi) is 6.08. The first kappa shape index (κ1) is 15.1. The fraction of sp³-hybridized carbons (Fsp3) is 0.533. The topological polar surface area (TPSA) is 42.5 Å². The highest BCUT2D eigenvalue weighted by molar-refractivity contribution is 7.80. The van der Waals surface area contributed by atoms with E-state index in [1.54, 1.807) is 7.11 Å². The molecule has 5 heteroatoms. The Morgan fingerprint density at radius 3 is 2.85 bits per heavy atom. The van der Waals surface area contributed by atoms with Crippen LogP contribution in [0.2, 0.25) is 0 Å². The number of para-hydroxylation sites is 2. The van der Waals surface area contributed by atoms with E-state index in [9.17, 15) is 0 Å². The van der Waals surface area contributed by atoms with Gasteiger partial charge in [0.05, 0.1) is 12.8 Å². The zero-order valence-corrected chi connectivity index (χ0v) is 12.7. The van der Waals surface area contributed by atoms with E-state index in [4.69, 9.17) is 21.7 Å². The van der Waals surface area contributed by atoms with E-state index in [1.807, 2.05) is 24.3 Å². The van der Waals surface area contributed by atoms with Crippen LogP contribution in [0.15, 0.2) is 24.3 Å². The molecule has 0 aromatic heterocycles. The van der Waals surface area contributed by atoms with Gasteiger partial charge in [-0.15, -0.1) is 0 Å². The largest absolute Gasteiger partial charge is 0.495 e. The van der Waals surface area contributed by atoms with Crippen molar-refractivity contribution in [2.45, 2.75) is 19.3 Å². The Bertz CT molecular complexity index is 434. The zero-order chi connectivity index (χ0) is 14.2. The van der Waals surface area contributed by atoms with Crippen molar-refractivity contribution < 1.29 is 9.47 Å². The number of methoxy groups -OCH3 is 1.